The molecule has 0 saturated carbocycles. The van der Waals surface area contributed by atoms with Crippen molar-refractivity contribution < 1.29 is 23.2 Å². The fourth-order valence-electron chi connectivity index (χ4n) is 4.30. The van der Waals surface area contributed by atoms with E-state index < -0.39 is 15.9 Å². The van der Waals surface area contributed by atoms with Crippen LogP contribution in [0, 0.1) is 0 Å². The summed E-state index contributed by atoms with van der Waals surface area (Å²) in [5, 5.41) is 14.5. The number of rotatable bonds is 8. The summed E-state index contributed by atoms with van der Waals surface area (Å²) in [6.45, 7) is -0.170. The number of carbonyl (C=O) groups is 1. The van der Waals surface area contributed by atoms with E-state index in [1.165, 1.54) is 42.3 Å². The molecule has 0 saturated heterocycles. The van der Waals surface area contributed by atoms with Crippen LogP contribution in [-0.2, 0) is 23.6 Å². The minimum atomic E-state index is -4.30. The molecule has 0 fully saturated rings. The third-order valence-corrected chi connectivity index (χ3v) is 7.92. The monoisotopic (exact) mass is 544 g/mol. The molecular formula is C27H24N6O5S. The topological polar surface area (TPSA) is 140 Å². The van der Waals surface area contributed by atoms with Crippen LogP contribution in [0.4, 0.5) is 5.69 Å². The molecule has 2 aromatic carbocycles. The molecular weight excluding hydrogens is 520 g/mol. The van der Waals surface area contributed by atoms with E-state index in [2.05, 4.69) is 15.1 Å². The molecule has 0 unspecified atom stereocenters. The molecule has 3 aromatic heterocycles. The maximum Gasteiger partial charge on any atom is 0.278 e. The lowest BCUT2D eigenvalue weighted by Crippen LogP contribution is -2.33. The predicted octanol–water partition coefficient (Wildman–Crippen LogP) is 3.55. The van der Waals surface area contributed by atoms with Crippen LogP contribution in [0.25, 0.3) is 22.3 Å². The lowest BCUT2D eigenvalue weighted by atomic mass is 10.1. The Bertz CT molecular complexity index is 1740. The SMILES string of the molecule is COc1ccc(S(=O)(=O)N(Cc2cccnc2)c2c(C(=O)NO)cnc3c2c(-c2ccccc2)nn3C)cc1. The van der Waals surface area contributed by atoms with Crippen LogP contribution < -0.4 is 14.5 Å². The average molecular weight is 545 g/mol. The smallest absolute Gasteiger partial charge is 0.278 e. The van der Waals surface area contributed by atoms with Crippen LogP contribution >= 0.6 is 0 Å². The molecule has 12 heteroatoms. The summed E-state index contributed by atoms with van der Waals surface area (Å²) in [7, 11) is -1.13. The largest absolute Gasteiger partial charge is 0.497 e. The molecule has 0 aliphatic heterocycles. The Hall–Kier alpha value is -4.81. The number of nitrogens with zero attached hydrogens (tertiary/aromatic N) is 5. The van der Waals surface area contributed by atoms with E-state index in [0.29, 0.717) is 33.6 Å². The van der Waals surface area contributed by atoms with Crippen molar-refractivity contribution in [3.63, 3.8) is 0 Å². The number of carbonyl (C=O) groups excluding carboxylic acids is 1. The van der Waals surface area contributed by atoms with E-state index in [9.17, 15) is 18.4 Å². The van der Waals surface area contributed by atoms with E-state index in [-0.39, 0.29) is 22.7 Å². The quantitative estimate of drug-likeness (QED) is 0.223. The lowest BCUT2D eigenvalue weighted by Gasteiger charge is -2.27. The van der Waals surface area contributed by atoms with E-state index >= 15 is 0 Å². The molecule has 0 radical (unpaired) electrons. The van der Waals surface area contributed by atoms with Gasteiger partial charge in [-0.2, -0.15) is 5.10 Å². The van der Waals surface area contributed by atoms with E-state index in [1.807, 2.05) is 30.3 Å². The number of sulfonamides is 1. The van der Waals surface area contributed by atoms with Gasteiger partial charge in [-0.25, -0.2) is 23.6 Å². The summed E-state index contributed by atoms with van der Waals surface area (Å²) in [4.78, 5) is 21.5. The van der Waals surface area contributed by atoms with E-state index in [1.54, 1.807) is 37.1 Å². The van der Waals surface area contributed by atoms with Gasteiger partial charge in [-0.3, -0.25) is 19.3 Å². The zero-order valence-corrected chi connectivity index (χ0v) is 21.8. The van der Waals surface area contributed by atoms with Gasteiger partial charge < -0.3 is 4.74 Å². The van der Waals surface area contributed by atoms with Crippen LogP contribution in [0.2, 0.25) is 0 Å². The van der Waals surface area contributed by atoms with Crippen molar-refractivity contribution in [1.29, 1.82) is 0 Å². The van der Waals surface area contributed by atoms with Crippen LogP contribution in [-0.4, -0.2) is 46.4 Å². The molecule has 198 valence electrons. The molecule has 3 heterocycles. The number of methoxy groups -OCH3 is 1. The highest BCUT2D eigenvalue weighted by Gasteiger charge is 2.33. The predicted molar refractivity (Wildman–Crippen MR) is 144 cm³/mol. The molecule has 0 bridgehead atoms. The number of ether oxygens (including phenoxy) is 1. The highest BCUT2D eigenvalue weighted by molar-refractivity contribution is 7.92. The zero-order valence-electron chi connectivity index (χ0n) is 21.0. The first-order valence-corrected chi connectivity index (χ1v) is 13.2. The number of aromatic nitrogens is 4. The molecule has 39 heavy (non-hydrogen) atoms. The Labute approximate surface area is 224 Å². The second-order valence-corrected chi connectivity index (χ2v) is 10.4. The van der Waals surface area contributed by atoms with E-state index in [0.717, 1.165) is 4.31 Å². The summed E-state index contributed by atoms with van der Waals surface area (Å²) < 4.78 is 36.5. The van der Waals surface area contributed by atoms with Crippen molar-refractivity contribution >= 4 is 32.7 Å². The minimum absolute atomic E-state index is 0.0122. The van der Waals surface area contributed by atoms with Crippen LogP contribution in [0.1, 0.15) is 15.9 Å². The number of hydrogen-bond donors (Lipinski definition) is 2. The Morgan fingerprint density at radius 3 is 2.44 bits per heavy atom. The molecule has 5 rings (SSSR count). The molecule has 0 spiro atoms. The van der Waals surface area contributed by atoms with Crippen molar-refractivity contribution in [3.05, 3.63) is 96.4 Å². The average Bonchev–Trinajstić information content (AvgIpc) is 3.32. The van der Waals surface area contributed by atoms with Gasteiger partial charge in [0.15, 0.2) is 5.65 Å². The van der Waals surface area contributed by atoms with Gasteiger partial charge >= 0.3 is 0 Å². The summed E-state index contributed by atoms with van der Waals surface area (Å²) >= 11 is 0. The maximum atomic E-state index is 14.3. The van der Waals surface area contributed by atoms with Gasteiger partial charge in [0.1, 0.15) is 11.4 Å². The van der Waals surface area contributed by atoms with Crippen molar-refractivity contribution in [1.82, 2.24) is 25.2 Å². The normalized spacial score (nSPS) is 11.4. The number of hydroxylamine groups is 1. The molecule has 11 nitrogen and oxygen atoms in total. The van der Waals surface area contributed by atoms with Gasteiger partial charge in [-0.05, 0) is 35.9 Å². The highest BCUT2D eigenvalue weighted by atomic mass is 32.2. The van der Waals surface area contributed by atoms with E-state index in [4.69, 9.17) is 4.74 Å². The fourth-order valence-corrected chi connectivity index (χ4v) is 5.79. The van der Waals surface area contributed by atoms with Crippen LogP contribution in [0.5, 0.6) is 5.75 Å². The third kappa shape index (κ3) is 4.78. The zero-order chi connectivity index (χ0) is 27.6. The number of hydrogen-bond acceptors (Lipinski definition) is 8. The Morgan fingerprint density at radius 2 is 1.79 bits per heavy atom. The first kappa shape index (κ1) is 25.8. The Kier molecular flexibility index (Phi) is 6.96. The van der Waals surface area contributed by atoms with Gasteiger partial charge in [0.2, 0.25) is 0 Å². The number of fused-ring (bicyclic) bond motifs is 1. The van der Waals surface area contributed by atoms with Crippen molar-refractivity contribution in [2.45, 2.75) is 11.4 Å². The fraction of sp³-hybridized carbons (Fsp3) is 0.111. The minimum Gasteiger partial charge on any atom is -0.497 e. The first-order chi connectivity index (χ1) is 18.8. The van der Waals surface area contributed by atoms with Gasteiger partial charge in [-0.1, -0.05) is 36.4 Å². The number of pyridine rings is 2. The molecule has 1 amide bonds. The van der Waals surface area contributed by atoms with Gasteiger partial charge in [-0.15, -0.1) is 0 Å². The van der Waals surface area contributed by atoms with Gasteiger partial charge in [0, 0.05) is 31.2 Å². The summed E-state index contributed by atoms with van der Waals surface area (Å²) in [5.74, 6) is -0.443. The summed E-state index contributed by atoms with van der Waals surface area (Å²) in [6.07, 6.45) is 4.34. The molecule has 0 atom stereocenters. The molecule has 0 aliphatic rings. The number of aryl methyl sites for hydroxylation is 1. The van der Waals surface area contributed by atoms with Crippen molar-refractivity contribution in [2.75, 3.05) is 11.4 Å². The first-order valence-electron chi connectivity index (χ1n) is 11.8. The third-order valence-electron chi connectivity index (χ3n) is 6.16. The molecule has 2 N–H and O–H groups in total. The summed E-state index contributed by atoms with van der Waals surface area (Å²) in [5.41, 5.74) is 3.50. The standard InChI is InChI=1S/C27H24N6O5S/c1-32-26-23(24(30-32)19-8-4-3-5-9-19)25(22(16-29-26)27(34)31-35)33(17-18-7-6-14-28-15-18)39(36,37)21-12-10-20(38-2)11-13-21/h3-16,35H,17H2,1-2H3,(H,31,34). The molecule has 5 aromatic rings. The van der Waals surface area contributed by atoms with Crippen molar-refractivity contribution in [2.24, 2.45) is 7.05 Å². The Balaban J connectivity index is 1.86. The van der Waals surface area contributed by atoms with Crippen LogP contribution in [0.15, 0.2) is 90.2 Å². The van der Waals surface area contributed by atoms with Crippen molar-refractivity contribution in [3.8, 4) is 17.0 Å². The van der Waals surface area contributed by atoms with Crippen LogP contribution in [0.3, 0.4) is 0 Å². The second kappa shape index (κ2) is 10.5. The number of anilines is 1. The van der Waals surface area contributed by atoms with Gasteiger partial charge in [0.05, 0.1) is 35.2 Å². The maximum absolute atomic E-state index is 14.3. The number of amides is 1. The Morgan fingerprint density at radius 1 is 1.05 bits per heavy atom. The highest BCUT2D eigenvalue weighted by Crippen LogP contribution is 2.40. The second-order valence-electron chi connectivity index (χ2n) is 8.55. The van der Waals surface area contributed by atoms with Gasteiger partial charge in [0.25, 0.3) is 15.9 Å². The molecule has 0 aliphatic carbocycles. The lowest BCUT2D eigenvalue weighted by molar-refractivity contribution is 0.0707. The number of benzene rings is 2. The number of nitrogens with one attached hydrogen (secondary N) is 1. The summed E-state index contributed by atoms with van der Waals surface area (Å²) in [6, 6.07) is 18.5.